The summed E-state index contributed by atoms with van der Waals surface area (Å²) in [5, 5.41) is 0. The molecule has 0 atom stereocenters. The number of likely N-dealkylation sites (tertiary alicyclic amines) is 1. The van der Waals surface area contributed by atoms with Crippen LogP contribution in [0.5, 0.6) is 0 Å². The van der Waals surface area contributed by atoms with E-state index in [-0.39, 0.29) is 11.7 Å². The quantitative estimate of drug-likeness (QED) is 0.857. The minimum Gasteiger partial charge on any atom is -0.459 e. The summed E-state index contributed by atoms with van der Waals surface area (Å²) >= 11 is 0. The van der Waals surface area contributed by atoms with Gasteiger partial charge in [-0.2, -0.15) is 0 Å². The first-order valence-corrected chi connectivity index (χ1v) is 8.73. The Kier molecular flexibility index (Phi) is 4.69. The van der Waals surface area contributed by atoms with Gasteiger partial charge in [0.1, 0.15) is 5.60 Å². The molecule has 0 aliphatic carbocycles. The number of nitrogens with one attached hydrogen (secondary N) is 1. The highest BCUT2D eigenvalue weighted by Gasteiger charge is 2.25. The SMILES string of the molecule is Cn1c(=O)[nH]c2ccc(C3CCN(CC(=O)OC(C)(C)C)CC3)nc21. The van der Waals surface area contributed by atoms with Crippen LogP contribution in [0.25, 0.3) is 11.2 Å². The summed E-state index contributed by atoms with van der Waals surface area (Å²) in [4.78, 5) is 33.2. The Hall–Kier alpha value is -2.15. The van der Waals surface area contributed by atoms with Gasteiger partial charge in [0.25, 0.3) is 0 Å². The van der Waals surface area contributed by atoms with Crippen molar-refractivity contribution >= 4 is 17.1 Å². The number of aryl methyl sites for hydroxylation is 1. The largest absolute Gasteiger partial charge is 0.459 e. The van der Waals surface area contributed by atoms with Gasteiger partial charge in [-0.1, -0.05) is 0 Å². The molecule has 3 rings (SSSR count). The van der Waals surface area contributed by atoms with Crippen LogP contribution in [0.15, 0.2) is 16.9 Å². The summed E-state index contributed by atoms with van der Waals surface area (Å²) in [6, 6.07) is 3.92. The standard InChI is InChI=1S/C18H26N4O3/c1-18(2,3)25-15(23)11-22-9-7-12(8-10-22)13-5-6-14-16(19-13)21(4)17(24)20-14/h5-6,12H,7-11H2,1-4H3,(H,20,24). The lowest BCUT2D eigenvalue weighted by molar-refractivity contribution is -0.156. The summed E-state index contributed by atoms with van der Waals surface area (Å²) in [5.74, 6) is 0.178. The molecule has 1 saturated heterocycles. The second-order valence-electron chi connectivity index (χ2n) is 7.73. The van der Waals surface area contributed by atoms with Gasteiger partial charge in [0.15, 0.2) is 5.65 Å². The third-order valence-corrected chi connectivity index (χ3v) is 4.54. The zero-order valence-electron chi connectivity index (χ0n) is 15.3. The molecule has 136 valence electrons. The lowest BCUT2D eigenvalue weighted by atomic mass is 9.93. The monoisotopic (exact) mass is 346 g/mol. The van der Waals surface area contributed by atoms with Gasteiger partial charge < -0.3 is 9.72 Å². The number of piperidine rings is 1. The number of aromatic amines is 1. The first-order chi connectivity index (χ1) is 11.7. The number of nitrogens with zero attached hydrogens (tertiary/aromatic N) is 3. The number of esters is 1. The number of ether oxygens (including phenoxy) is 1. The smallest absolute Gasteiger partial charge is 0.327 e. The summed E-state index contributed by atoms with van der Waals surface area (Å²) in [7, 11) is 1.72. The lowest BCUT2D eigenvalue weighted by Gasteiger charge is -2.31. The third-order valence-electron chi connectivity index (χ3n) is 4.54. The molecule has 3 heterocycles. The van der Waals surface area contributed by atoms with Crippen LogP contribution >= 0.6 is 0 Å². The molecule has 1 aliphatic heterocycles. The molecule has 2 aromatic heterocycles. The maximum atomic E-state index is 12.0. The minimum absolute atomic E-state index is 0.146. The third kappa shape index (κ3) is 4.10. The van der Waals surface area contributed by atoms with E-state index in [9.17, 15) is 9.59 Å². The highest BCUT2D eigenvalue weighted by atomic mass is 16.6. The maximum Gasteiger partial charge on any atom is 0.327 e. The van der Waals surface area contributed by atoms with Crippen molar-refractivity contribution in [1.29, 1.82) is 0 Å². The van der Waals surface area contributed by atoms with Crippen LogP contribution in [0.1, 0.15) is 45.2 Å². The molecule has 7 heteroatoms. The average molecular weight is 346 g/mol. The molecular formula is C18H26N4O3. The van der Waals surface area contributed by atoms with E-state index < -0.39 is 5.60 Å². The fourth-order valence-corrected chi connectivity index (χ4v) is 3.28. The van der Waals surface area contributed by atoms with E-state index in [2.05, 4.69) is 14.9 Å². The molecule has 0 spiro atoms. The normalized spacial score (nSPS) is 17.1. The Bertz CT molecular complexity index is 823. The van der Waals surface area contributed by atoms with Crippen molar-refractivity contribution < 1.29 is 9.53 Å². The summed E-state index contributed by atoms with van der Waals surface area (Å²) in [5.41, 5.74) is 1.88. The molecule has 1 aliphatic rings. The minimum atomic E-state index is -0.443. The van der Waals surface area contributed by atoms with Crippen molar-refractivity contribution in [3.8, 4) is 0 Å². The van der Waals surface area contributed by atoms with Crippen LogP contribution in [-0.4, -0.2) is 50.6 Å². The van der Waals surface area contributed by atoms with Gasteiger partial charge >= 0.3 is 11.7 Å². The first kappa shape index (κ1) is 17.7. The molecule has 7 nitrogen and oxygen atoms in total. The summed E-state index contributed by atoms with van der Waals surface area (Å²) in [6.07, 6.45) is 1.89. The molecule has 25 heavy (non-hydrogen) atoms. The Morgan fingerprint density at radius 1 is 1.32 bits per heavy atom. The van der Waals surface area contributed by atoms with Crippen molar-refractivity contribution in [2.75, 3.05) is 19.6 Å². The summed E-state index contributed by atoms with van der Waals surface area (Å²) in [6.45, 7) is 7.67. The Morgan fingerprint density at radius 2 is 2.00 bits per heavy atom. The highest BCUT2D eigenvalue weighted by Crippen LogP contribution is 2.27. The molecule has 0 radical (unpaired) electrons. The number of H-pyrrole nitrogens is 1. The van der Waals surface area contributed by atoms with E-state index in [1.165, 1.54) is 4.57 Å². The van der Waals surface area contributed by atoms with Crippen molar-refractivity contribution in [3.05, 3.63) is 28.3 Å². The van der Waals surface area contributed by atoms with Crippen LogP contribution in [-0.2, 0) is 16.6 Å². The van der Waals surface area contributed by atoms with Crippen LogP contribution in [0, 0.1) is 0 Å². The van der Waals surface area contributed by atoms with Crippen molar-refractivity contribution in [2.45, 2.75) is 45.1 Å². The van der Waals surface area contributed by atoms with Crippen LogP contribution in [0.3, 0.4) is 0 Å². The number of hydrogen-bond donors (Lipinski definition) is 1. The van der Waals surface area contributed by atoms with Gasteiger partial charge in [0.05, 0.1) is 12.1 Å². The fraction of sp³-hybridized carbons (Fsp3) is 0.611. The molecular weight excluding hydrogens is 320 g/mol. The number of carbonyl (C=O) groups excluding carboxylic acids is 1. The highest BCUT2D eigenvalue weighted by molar-refractivity contribution is 5.72. The van der Waals surface area contributed by atoms with E-state index in [1.54, 1.807) is 7.05 Å². The van der Waals surface area contributed by atoms with E-state index >= 15 is 0 Å². The lowest BCUT2D eigenvalue weighted by Crippen LogP contribution is -2.39. The van der Waals surface area contributed by atoms with E-state index in [0.717, 1.165) is 37.1 Å². The number of aromatic nitrogens is 3. The topological polar surface area (TPSA) is 80.2 Å². The Balaban J connectivity index is 1.61. The zero-order chi connectivity index (χ0) is 18.2. The number of rotatable bonds is 3. The van der Waals surface area contributed by atoms with E-state index in [1.807, 2.05) is 32.9 Å². The van der Waals surface area contributed by atoms with Gasteiger partial charge in [-0.15, -0.1) is 0 Å². The predicted molar refractivity (Wildman–Crippen MR) is 95.6 cm³/mol. The van der Waals surface area contributed by atoms with Gasteiger partial charge in [-0.25, -0.2) is 9.78 Å². The predicted octanol–water partition coefficient (Wildman–Crippen LogP) is 1.78. The molecule has 1 fully saturated rings. The summed E-state index contributed by atoms with van der Waals surface area (Å²) < 4.78 is 6.93. The van der Waals surface area contributed by atoms with Crippen LogP contribution < -0.4 is 5.69 Å². The second kappa shape index (κ2) is 6.63. The zero-order valence-corrected chi connectivity index (χ0v) is 15.3. The van der Waals surface area contributed by atoms with E-state index in [4.69, 9.17) is 4.74 Å². The van der Waals surface area contributed by atoms with Gasteiger partial charge in [0.2, 0.25) is 0 Å². The fourth-order valence-electron chi connectivity index (χ4n) is 3.28. The Labute approximate surface area is 147 Å². The van der Waals surface area contributed by atoms with Crippen LogP contribution in [0.4, 0.5) is 0 Å². The molecule has 2 aromatic rings. The first-order valence-electron chi connectivity index (χ1n) is 8.73. The second-order valence-corrected chi connectivity index (χ2v) is 7.73. The Morgan fingerprint density at radius 3 is 2.64 bits per heavy atom. The van der Waals surface area contributed by atoms with Crippen LogP contribution in [0.2, 0.25) is 0 Å². The number of fused-ring (bicyclic) bond motifs is 1. The van der Waals surface area contributed by atoms with Crippen molar-refractivity contribution in [1.82, 2.24) is 19.4 Å². The maximum absolute atomic E-state index is 12.0. The van der Waals surface area contributed by atoms with Crippen molar-refractivity contribution in [2.24, 2.45) is 7.05 Å². The molecule has 0 unspecified atom stereocenters. The molecule has 0 aromatic carbocycles. The van der Waals surface area contributed by atoms with Gasteiger partial charge in [-0.05, 0) is 58.8 Å². The number of pyridine rings is 1. The van der Waals surface area contributed by atoms with Gasteiger partial charge in [-0.3, -0.25) is 14.3 Å². The molecule has 0 saturated carbocycles. The molecule has 1 N–H and O–H groups in total. The molecule has 0 amide bonds. The molecule has 0 bridgehead atoms. The number of carbonyl (C=O) groups is 1. The average Bonchev–Trinajstić information content (AvgIpc) is 2.81. The number of imidazole rings is 1. The van der Waals surface area contributed by atoms with E-state index in [0.29, 0.717) is 18.1 Å². The van der Waals surface area contributed by atoms with Crippen molar-refractivity contribution in [3.63, 3.8) is 0 Å². The van der Waals surface area contributed by atoms with Gasteiger partial charge in [0, 0.05) is 18.7 Å². The number of hydrogen-bond acceptors (Lipinski definition) is 5.